The first-order valence-electron chi connectivity index (χ1n) is 5.00. The molecule has 1 unspecified atom stereocenters. The molecule has 0 bridgehead atoms. The Hall–Kier alpha value is -0.490. The van der Waals surface area contributed by atoms with Crippen molar-refractivity contribution in [3.05, 3.63) is 16.6 Å². The van der Waals surface area contributed by atoms with Crippen molar-refractivity contribution in [2.75, 3.05) is 6.61 Å². The minimum atomic E-state index is -0.127. The second kappa shape index (κ2) is 5.55. The van der Waals surface area contributed by atoms with Crippen LogP contribution in [-0.4, -0.2) is 23.2 Å². The topological polar surface area (TPSA) is 60.2 Å². The molecule has 86 valence electrons. The average Bonchev–Trinajstić information content (AvgIpc) is 2.63. The maximum absolute atomic E-state index is 5.67. The maximum Gasteiger partial charge on any atom is 0.0941 e. The predicted octanol–water partition coefficient (Wildman–Crippen LogP) is 1.33. The Morgan fingerprint density at radius 2 is 2.33 bits per heavy atom. The predicted molar refractivity (Wildman–Crippen MR) is 62.6 cm³/mol. The van der Waals surface area contributed by atoms with Crippen LogP contribution in [0, 0.1) is 0 Å². The van der Waals surface area contributed by atoms with Crippen LogP contribution in [0.5, 0.6) is 0 Å². The third kappa shape index (κ3) is 5.22. The number of thiazole rings is 1. The highest BCUT2D eigenvalue weighted by Crippen LogP contribution is 2.10. The fourth-order valence-electron chi connectivity index (χ4n) is 1.08. The van der Waals surface area contributed by atoms with Crippen LogP contribution in [0.3, 0.4) is 0 Å². The number of hydrazine groups is 1. The monoisotopic (exact) mass is 229 g/mol. The number of nitrogens with two attached hydrogens (primary N) is 1. The molecule has 3 N–H and O–H groups in total. The van der Waals surface area contributed by atoms with Gasteiger partial charge in [0.15, 0.2) is 0 Å². The van der Waals surface area contributed by atoms with Crippen LogP contribution in [0.15, 0.2) is 11.6 Å². The molecule has 0 aliphatic carbocycles. The van der Waals surface area contributed by atoms with Gasteiger partial charge in [-0.15, -0.1) is 11.3 Å². The Balaban J connectivity index is 2.36. The molecule has 0 fully saturated rings. The highest BCUT2D eigenvalue weighted by atomic mass is 32.1. The molecule has 1 atom stereocenters. The van der Waals surface area contributed by atoms with Crippen molar-refractivity contribution in [1.29, 1.82) is 0 Å². The molecule has 0 spiro atoms. The van der Waals surface area contributed by atoms with Crippen molar-refractivity contribution in [2.24, 2.45) is 5.84 Å². The SMILES string of the molecule is CC(C)(C)OCC(Cc1nccs1)NN. The summed E-state index contributed by atoms with van der Waals surface area (Å²) in [4.78, 5) is 4.22. The molecule has 5 heteroatoms. The Morgan fingerprint density at radius 1 is 1.60 bits per heavy atom. The third-order valence-electron chi connectivity index (χ3n) is 1.86. The van der Waals surface area contributed by atoms with E-state index in [1.165, 1.54) is 0 Å². The van der Waals surface area contributed by atoms with E-state index in [9.17, 15) is 0 Å². The standard InChI is InChI=1S/C10H19N3OS/c1-10(2,3)14-7-8(13-11)6-9-12-4-5-15-9/h4-5,8,13H,6-7,11H2,1-3H3. The fraction of sp³-hybridized carbons (Fsp3) is 0.700. The summed E-state index contributed by atoms with van der Waals surface area (Å²) in [5, 5.41) is 3.04. The maximum atomic E-state index is 5.67. The normalized spacial score (nSPS) is 14.1. The van der Waals surface area contributed by atoms with Crippen molar-refractivity contribution in [2.45, 2.75) is 38.8 Å². The Labute approximate surface area is 94.8 Å². The molecule has 0 radical (unpaired) electrons. The minimum absolute atomic E-state index is 0.121. The molecular formula is C10H19N3OS. The van der Waals surface area contributed by atoms with Crippen LogP contribution >= 0.6 is 11.3 Å². The minimum Gasteiger partial charge on any atom is -0.374 e. The molecule has 1 aromatic heterocycles. The van der Waals surface area contributed by atoms with E-state index in [4.69, 9.17) is 10.6 Å². The summed E-state index contributed by atoms with van der Waals surface area (Å²) in [6, 6.07) is 0.121. The van der Waals surface area contributed by atoms with E-state index in [-0.39, 0.29) is 11.6 Å². The number of rotatable bonds is 5. The van der Waals surface area contributed by atoms with E-state index < -0.39 is 0 Å². The first-order chi connectivity index (χ1) is 7.01. The smallest absolute Gasteiger partial charge is 0.0941 e. The van der Waals surface area contributed by atoms with Gasteiger partial charge in [0.2, 0.25) is 0 Å². The first kappa shape index (κ1) is 12.6. The third-order valence-corrected chi connectivity index (χ3v) is 2.66. The van der Waals surface area contributed by atoms with Crippen LogP contribution in [0.1, 0.15) is 25.8 Å². The molecule has 0 aliphatic heterocycles. The summed E-state index contributed by atoms with van der Waals surface area (Å²) in [6.07, 6.45) is 2.61. The zero-order valence-electron chi connectivity index (χ0n) is 9.49. The zero-order valence-corrected chi connectivity index (χ0v) is 10.3. The number of hydrogen-bond acceptors (Lipinski definition) is 5. The van der Waals surface area contributed by atoms with Crippen LogP contribution in [0.4, 0.5) is 0 Å². The van der Waals surface area contributed by atoms with E-state index in [1.54, 1.807) is 17.5 Å². The highest BCUT2D eigenvalue weighted by Gasteiger charge is 2.15. The van der Waals surface area contributed by atoms with Crippen LogP contribution in [-0.2, 0) is 11.2 Å². The molecule has 0 saturated carbocycles. The van der Waals surface area contributed by atoms with Crippen molar-refractivity contribution in [3.63, 3.8) is 0 Å². The van der Waals surface area contributed by atoms with Gasteiger partial charge in [-0.3, -0.25) is 11.3 Å². The van der Waals surface area contributed by atoms with Crippen LogP contribution < -0.4 is 11.3 Å². The summed E-state index contributed by atoms with van der Waals surface area (Å²) in [5.74, 6) is 5.47. The fourth-order valence-corrected chi connectivity index (χ4v) is 1.78. The number of nitrogens with zero attached hydrogens (tertiary/aromatic N) is 1. The number of aromatic nitrogens is 1. The molecule has 4 nitrogen and oxygen atoms in total. The molecule has 0 aliphatic rings. The molecule has 15 heavy (non-hydrogen) atoms. The molecule has 1 rings (SSSR count). The van der Waals surface area contributed by atoms with Gasteiger partial charge in [-0.25, -0.2) is 4.98 Å². The number of nitrogens with one attached hydrogen (secondary N) is 1. The molecule has 0 saturated heterocycles. The Kier molecular flexibility index (Phi) is 4.66. The van der Waals surface area contributed by atoms with Gasteiger partial charge in [-0.1, -0.05) is 0 Å². The van der Waals surface area contributed by atoms with E-state index >= 15 is 0 Å². The van der Waals surface area contributed by atoms with Crippen molar-refractivity contribution >= 4 is 11.3 Å². The van der Waals surface area contributed by atoms with Gasteiger partial charge >= 0.3 is 0 Å². The summed E-state index contributed by atoms with van der Waals surface area (Å²) < 4.78 is 5.67. The highest BCUT2D eigenvalue weighted by molar-refractivity contribution is 7.09. The van der Waals surface area contributed by atoms with Gasteiger partial charge < -0.3 is 4.74 Å². The largest absolute Gasteiger partial charge is 0.374 e. The lowest BCUT2D eigenvalue weighted by Crippen LogP contribution is -2.42. The lowest BCUT2D eigenvalue weighted by atomic mass is 10.2. The van der Waals surface area contributed by atoms with Gasteiger partial charge in [-0.05, 0) is 20.8 Å². The lowest BCUT2D eigenvalue weighted by molar-refractivity contribution is -0.0143. The van der Waals surface area contributed by atoms with Crippen LogP contribution in [0.2, 0.25) is 0 Å². The summed E-state index contributed by atoms with van der Waals surface area (Å²) >= 11 is 1.64. The van der Waals surface area contributed by atoms with Gasteiger partial charge in [0.1, 0.15) is 0 Å². The van der Waals surface area contributed by atoms with Crippen LogP contribution in [0.25, 0.3) is 0 Å². The Morgan fingerprint density at radius 3 is 2.80 bits per heavy atom. The second-order valence-corrected chi connectivity index (χ2v) is 5.40. The lowest BCUT2D eigenvalue weighted by Gasteiger charge is -2.23. The van der Waals surface area contributed by atoms with Gasteiger partial charge in [-0.2, -0.15) is 0 Å². The number of ether oxygens (including phenoxy) is 1. The van der Waals surface area contributed by atoms with Gasteiger partial charge in [0.05, 0.1) is 23.3 Å². The molecule has 1 heterocycles. The average molecular weight is 229 g/mol. The van der Waals surface area contributed by atoms with Gasteiger partial charge in [0, 0.05) is 18.0 Å². The Bertz CT molecular complexity index is 269. The molecule has 1 aromatic rings. The first-order valence-corrected chi connectivity index (χ1v) is 5.87. The molecular weight excluding hydrogens is 210 g/mol. The van der Waals surface area contributed by atoms with E-state index in [2.05, 4.69) is 10.4 Å². The van der Waals surface area contributed by atoms with Crippen molar-refractivity contribution < 1.29 is 4.74 Å². The van der Waals surface area contributed by atoms with E-state index in [0.717, 1.165) is 11.4 Å². The summed E-state index contributed by atoms with van der Waals surface area (Å²) in [6.45, 7) is 6.69. The molecule has 0 aromatic carbocycles. The van der Waals surface area contributed by atoms with Crippen molar-refractivity contribution in [1.82, 2.24) is 10.4 Å². The zero-order chi connectivity index (χ0) is 11.3. The quantitative estimate of drug-likeness (QED) is 0.591. The second-order valence-electron chi connectivity index (χ2n) is 4.42. The van der Waals surface area contributed by atoms with Gasteiger partial charge in [0.25, 0.3) is 0 Å². The molecule has 0 amide bonds. The number of hydrogen-bond donors (Lipinski definition) is 2. The summed E-state index contributed by atoms with van der Waals surface area (Å²) in [7, 11) is 0. The summed E-state index contributed by atoms with van der Waals surface area (Å²) in [5.41, 5.74) is 2.63. The van der Waals surface area contributed by atoms with E-state index in [1.807, 2.05) is 26.2 Å². The van der Waals surface area contributed by atoms with E-state index in [0.29, 0.717) is 6.61 Å². The van der Waals surface area contributed by atoms with Crippen molar-refractivity contribution in [3.8, 4) is 0 Å².